The molecule has 2 aromatic carbocycles. The van der Waals surface area contributed by atoms with Crippen LogP contribution in [0.2, 0.25) is 0 Å². The number of carbonyl (C=O) groups excluding carboxylic acids is 1. The van der Waals surface area contributed by atoms with Gasteiger partial charge in [0.25, 0.3) is 0 Å². The Morgan fingerprint density at radius 3 is 2.76 bits per heavy atom. The van der Waals surface area contributed by atoms with Crippen LogP contribution in [0.25, 0.3) is 0 Å². The molecule has 0 saturated heterocycles. The molecule has 0 amide bonds. The number of rotatable bonds is 3. The van der Waals surface area contributed by atoms with Gasteiger partial charge in [0.2, 0.25) is 5.78 Å². The van der Waals surface area contributed by atoms with Gasteiger partial charge in [-0.15, -0.1) is 0 Å². The van der Waals surface area contributed by atoms with E-state index in [1.807, 2.05) is 6.07 Å². The highest BCUT2D eigenvalue weighted by molar-refractivity contribution is 6.02. The van der Waals surface area contributed by atoms with E-state index in [0.717, 1.165) is 6.07 Å². The third kappa shape index (κ3) is 2.54. The van der Waals surface area contributed by atoms with E-state index in [1.54, 1.807) is 18.2 Å². The first kappa shape index (κ1) is 13.4. The van der Waals surface area contributed by atoms with Crippen LogP contribution in [0.3, 0.4) is 0 Å². The van der Waals surface area contributed by atoms with Crippen molar-refractivity contribution in [3.05, 3.63) is 53.8 Å². The molecule has 0 radical (unpaired) electrons. The molecule has 1 unspecified atom stereocenters. The molecule has 0 N–H and O–H groups in total. The summed E-state index contributed by atoms with van der Waals surface area (Å²) in [5.74, 6) is 0.520. The van der Waals surface area contributed by atoms with Crippen LogP contribution in [0.15, 0.2) is 42.5 Å². The second-order valence-electron chi connectivity index (χ2n) is 4.57. The van der Waals surface area contributed by atoms with E-state index < -0.39 is 11.9 Å². The lowest BCUT2D eigenvalue weighted by molar-refractivity contribution is 0.0582. The average molecular weight is 288 g/mol. The van der Waals surface area contributed by atoms with Crippen LogP contribution in [-0.4, -0.2) is 25.6 Å². The van der Waals surface area contributed by atoms with E-state index in [-0.39, 0.29) is 18.0 Å². The molecule has 1 atom stereocenters. The van der Waals surface area contributed by atoms with Crippen molar-refractivity contribution < 1.29 is 23.4 Å². The van der Waals surface area contributed by atoms with Crippen molar-refractivity contribution in [2.75, 3.05) is 13.7 Å². The molecule has 0 bridgehead atoms. The van der Waals surface area contributed by atoms with Crippen LogP contribution >= 0.6 is 0 Å². The fraction of sp³-hybridized carbons (Fsp3) is 0.188. The lowest BCUT2D eigenvalue weighted by atomic mass is 10.0. The van der Waals surface area contributed by atoms with Crippen molar-refractivity contribution in [1.82, 2.24) is 0 Å². The summed E-state index contributed by atoms with van der Waals surface area (Å²) >= 11 is 0. The summed E-state index contributed by atoms with van der Waals surface area (Å²) in [6, 6.07) is 10.9. The Labute approximate surface area is 121 Å². The minimum Gasteiger partial charge on any atom is -0.496 e. The van der Waals surface area contributed by atoms with Gasteiger partial charge in [0.05, 0.1) is 12.7 Å². The molecular weight excluding hydrogens is 275 g/mol. The minimum atomic E-state index is -0.824. The normalized spacial score (nSPS) is 16.4. The fourth-order valence-corrected chi connectivity index (χ4v) is 2.19. The number of Topliss-reactive ketones (excluding diaryl/α,β-unsaturated/α-hetero) is 1. The van der Waals surface area contributed by atoms with E-state index in [2.05, 4.69) is 0 Å². The van der Waals surface area contributed by atoms with Gasteiger partial charge in [0.1, 0.15) is 18.2 Å². The van der Waals surface area contributed by atoms with Gasteiger partial charge >= 0.3 is 0 Å². The zero-order valence-corrected chi connectivity index (χ0v) is 11.3. The summed E-state index contributed by atoms with van der Waals surface area (Å²) in [5.41, 5.74) is 0.144. The fourth-order valence-electron chi connectivity index (χ4n) is 2.19. The van der Waals surface area contributed by atoms with Gasteiger partial charge in [-0.2, -0.15) is 0 Å². The number of fused-ring (bicyclic) bond motifs is 1. The number of para-hydroxylation sites is 2. The summed E-state index contributed by atoms with van der Waals surface area (Å²) in [4.78, 5) is 12.5. The summed E-state index contributed by atoms with van der Waals surface area (Å²) in [6.07, 6.45) is -0.824. The molecule has 3 rings (SSSR count). The SMILES string of the molecule is COc1ccc(F)cc1C(=O)C1COc2ccccc2O1. The highest BCUT2D eigenvalue weighted by atomic mass is 19.1. The maximum absolute atomic E-state index is 13.4. The number of methoxy groups -OCH3 is 1. The van der Waals surface area contributed by atoms with Crippen LogP contribution in [0.1, 0.15) is 10.4 Å². The Balaban J connectivity index is 1.89. The number of ketones is 1. The van der Waals surface area contributed by atoms with Gasteiger partial charge in [-0.05, 0) is 30.3 Å². The molecule has 4 nitrogen and oxygen atoms in total. The van der Waals surface area contributed by atoms with Crippen LogP contribution in [-0.2, 0) is 0 Å². The minimum absolute atomic E-state index is 0.0789. The lowest BCUT2D eigenvalue weighted by Gasteiger charge is -2.25. The second-order valence-corrected chi connectivity index (χ2v) is 4.57. The van der Waals surface area contributed by atoms with E-state index in [0.29, 0.717) is 17.2 Å². The number of ether oxygens (including phenoxy) is 3. The highest BCUT2D eigenvalue weighted by Gasteiger charge is 2.30. The molecule has 2 aromatic rings. The van der Waals surface area contributed by atoms with Crippen molar-refractivity contribution in [2.24, 2.45) is 0 Å². The third-order valence-electron chi connectivity index (χ3n) is 3.23. The quantitative estimate of drug-likeness (QED) is 0.815. The Morgan fingerprint density at radius 2 is 2.00 bits per heavy atom. The van der Waals surface area contributed by atoms with Gasteiger partial charge in [-0.1, -0.05) is 12.1 Å². The molecule has 0 aliphatic carbocycles. The topological polar surface area (TPSA) is 44.8 Å². The Morgan fingerprint density at radius 1 is 1.24 bits per heavy atom. The van der Waals surface area contributed by atoms with Crippen LogP contribution in [0.5, 0.6) is 17.2 Å². The summed E-state index contributed by atoms with van der Waals surface area (Å²) in [5, 5.41) is 0. The van der Waals surface area contributed by atoms with E-state index in [9.17, 15) is 9.18 Å². The molecule has 0 fully saturated rings. The number of benzene rings is 2. The molecule has 1 aliphatic rings. The predicted octanol–water partition coefficient (Wildman–Crippen LogP) is 2.86. The molecule has 5 heteroatoms. The number of halogens is 1. The monoisotopic (exact) mass is 288 g/mol. The predicted molar refractivity (Wildman–Crippen MR) is 73.6 cm³/mol. The first-order chi connectivity index (χ1) is 10.2. The summed E-state index contributed by atoms with van der Waals surface area (Å²) in [6.45, 7) is 0.0789. The zero-order valence-electron chi connectivity index (χ0n) is 11.3. The highest BCUT2D eigenvalue weighted by Crippen LogP contribution is 2.32. The molecule has 1 heterocycles. The third-order valence-corrected chi connectivity index (χ3v) is 3.23. The van der Waals surface area contributed by atoms with E-state index in [4.69, 9.17) is 14.2 Å². The molecule has 108 valence electrons. The molecular formula is C16H13FO4. The number of hydrogen-bond acceptors (Lipinski definition) is 4. The van der Waals surface area contributed by atoms with Crippen LogP contribution in [0.4, 0.5) is 4.39 Å². The maximum atomic E-state index is 13.4. The zero-order chi connectivity index (χ0) is 14.8. The standard InChI is InChI=1S/C16H13FO4/c1-19-12-7-6-10(17)8-11(12)16(18)15-9-20-13-4-2-3-5-14(13)21-15/h2-8,15H,9H2,1H3. The smallest absolute Gasteiger partial charge is 0.210 e. The maximum Gasteiger partial charge on any atom is 0.210 e. The van der Waals surface area contributed by atoms with Gasteiger partial charge in [-0.3, -0.25) is 4.79 Å². The van der Waals surface area contributed by atoms with Crippen molar-refractivity contribution in [3.8, 4) is 17.2 Å². The molecule has 0 saturated carbocycles. The number of carbonyl (C=O) groups is 1. The van der Waals surface area contributed by atoms with Crippen LogP contribution < -0.4 is 14.2 Å². The number of hydrogen-bond donors (Lipinski definition) is 0. The molecule has 0 spiro atoms. The summed E-state index contributed by atoms with van der Waals surface area (Å²) < 4.78 is 29.6. The Kier molecular flexibility index (Phi) is 3.48. The molecule has 1 aliphatic heterocycles. The van der Waals surface area contributed by atoms with Gasteiger partial charge < -0.3 is 14.2 Å². The van der Waals surface area contributed by atoms with Crippen molar-refractivity contribution in [2.45, 2.75) is 6.10 Å². The summed E-state index contributed by atoms with van der Waals surface area (Å²) in [7, 11) is 1.43. The van der Waals surface area contributed by atoms with E-state index >= 15 is 0 Å². The molecule has 0 aromatic heterocycles. The largest absolute Gasteiger partial charge is 0.496 e. The van der Waals surface area contributed by atoms with Crippen molar-refractivity contribution >= 4 is 5.78 Å². The first-order valence-electron chi connectivity index (χ1n) is 6.45. The Bertz CT molecular complexity index is 684. The van der Waals surface area contributed by atoms with E-state index in [1.165, 1.54) is 19.2 Å². The van der Waals surface area contributed by atoms with Gasteiger partial charge in [0.15, 0.2) is 17.6 Å². The Hall–Kier alpha value is -2.56. The average Bonchev–Trinajstić information content (AvgIpc) is 2.53. The first-order valence-corrected chi connectivity index (χ1v) is 6.45. The van der Waals surface area contributed by atoms with Crippen molar-refractivity contribution in [3.63, 3.8) is 0 Å². The molecule has 21 heavy (non-hydrogen) atoms. The van der Waals surface area contributed by atoms with Crippen molar-refractivity contribution in [1.29, 1.82) is 0 Å². The van der Waals surface area contributed by atoms with Gasteiger partial charge in [-0.25, -0.2) is 4.39 Å². The van der Waals surface area contributed by atoms with Crippen LogP contribution in [0, 0.1) is 5.82 Å². The lowest BCUT2D eigenvalue weighted by Crippen LogP contribution is -2.36. The van der Waals surface area contributed by atoms with Gasteiger partial charge in [0, 0.05) is 0 Å². The second kappa shape index (κ2) is 5.44.